The summed E-state index contributed by atoms with van der Waals surface area (Å²) < 4.78 is 65.4. The van der Waals surface area contributed by atoms with Crippen molar-refractivity contribution in [1.29, 1.82) is 0 Å². The molecule has 1 saturated heterocycles. The van der Waals surface area contributed by atoms with Gasteiger partial charge in [-0.25, -0.2) is 0 Å². The maximum atomic E-state index is 12.8. The molecule has 3 aromatic carbocycles. The first-order valence-electron chi connectivity index (χ1n) is 13.2. The molecule has 0 unspecified atom stereocenters. The van der Waals surface area contributed by atoms with Crippen LogP contribution in [0.1, 0.15) is 42.5 Å². The van der Waals surface area contributed by atoms with E-state index in [1.807, 2.05) is 6.07 Å². The molecule has 5 rings (SSSR count). The Morgan fingerprint density at radius 3 is 2.08 bits per heavy atom. The number of nitrogens with zero attached hydrogens (tertiary/aromatic N) is 2. The minimum Gasteiger partial charge on any atom is -0.508 e. The minimum absolute atomic E-state index is 0.185. The second-order valence-corrected chi connectivity index (χ2v) is 11.9. The van der Waals surface area contributed by atoms with Crippen molar-refractivity contribution in [2.45, 2.75) is 38.2 Å². The molecule has 1 N–H and O–H groups in total. The van der Waals surface area contributed by atoms with Gasteiger partial charge in [-0.1, -0.05) is 30.3 Å². The number of phenolic OH excluding ortho intramolecular Hbond substituents is 1. The van der Waals surface area contributed by atoms with Gasteiger partial charge in [0.05, 0.1) is 0 Å². The molecule has 1 aliphatic carbocycles. The standard InChI is InChI=1S/C30H31F3N2O4S/c1-20(2)34-15-17-35(18-16-34)24-8-3-22(4-9-24)29-27(13-7-23-19-25(36)10-14-28(23)29)21-5-11-26(12-6-21)39-40(37,38)30(31,32)33/h3-6,8-12,14,19-20,36H,7,13,15-18H2,1-2H3. The van der Waals surface area contributed by atoms with Gasteiger partial charge in [0.15, 0.2) is 0 Å². The first kappa shape index (κ1) is 28.0. The lowest BCUT2D eigenvalue weighted by molar-refractivity contribution is -0.0500. The van der Waals surface area contributed by atoms with E-state index in [1.165, 1.54) is 12.1 Å². The molecule has 10 heteroatoms. The van der Waals surface area contributed by atoms with Crippen LogP contribution in [0.2, 0.25) is 0 Å². The molecule has 0 spiro atoms. The zero-order chi connectivity index (χ0) is 28.7. The van der Waals surface area contributed by atoms with Crippen LogP contribution < -0.4 is 9.08 Å². The highest BCUT2D eigenvalue weighted by molar-refractivity contribution is 7.88. The Kier molecular flexibility index (Phi) is 7.58. The number of fused-ring (bicyclic) bond motifs is 1. The summed E-state index contributed by atoms with van der Waals surface area (Å²) in [6.45, 7) is 8.34. The topological polar surface area (TPSA) is 70.1 Å². The SMILES string of the molecule is CC(C)N1CCN(c2ccc(C3=C(c4ccc(OS(=O)(=O)C(F)(F)F)cc4)CCc4cc(O)ccc43)cc2)CC1. The quantitative estimate of drug-likeness (QED) is 0.286. The number of benzene rings is 3. The van der Waals surface area contributed by atoms with Crippen molar-refractivity contribution in [3.05, 3.63) is 89.0 Å². The number of anilines is 1. The number of piperazine rings is 1. The van der Waals surface area contributed by atoms with E-state index >= 15 is 0 Å². The van der Waals surface area contributed by atoms with Gasteiger partial charge in [0.2, 0.25) is 0 Å². The van der Waals surface area contributed by atoms with Crippen LogP contribution in [0.4, 0.5) is 18.9 Å². The Bertz CT molecular complexity index is 1510. The van der Waals surface area contributed by atoms with Crippen LogP contribution in [-0.2, 0) is 16.5 Å². The highest BCUT2D eigenvalue weighted by atomic mass is 32.2. The molecule has 3 aromatic rings. The van der Waals surface area contributed by atoms with Crippen molar-refractivity contribution < 1.29 is 30.9 Å². The number of allylic oxidation sites excluding steroid dienone is 1. The number of rotatable bonds is 6. The van der Waals surface area contributed by atoms with Crippen molar-refractivity contribution in [2.75, 3.05) is 31.1 Å². The molecular formula is C30H31F3N2O4S. The van der Waals surface area contributed by atoms with E-state index in [1.54, 1.807) is 24.3 Å². The second kappa shape index (κ2) is 10.8. The fraction of sp³-hybridized carbons (Fsp3) is 0.333. The molecule has 0 amide bonds. The van der Waals surface area contributed by atoms with Crippen LogP contribution in [0, 0.1) is 0 Å². The largest absolute Gasteiger partial charge is 0.534 e. The van der Waals surface area contributed by atoms with Crippen LogP contribution in [0.3, 0.4) is 0 Å². The number of alkyl halides is 3. The number of aryl methyl sites for hydroxylation is 1. The Hall–Kier alpha value is -3.50. The summed E-state index contributed by atoms with van der Waals surface area (Å²) in [5, 5.41) is 10.1. The van der Waals surface area contributed by atoms with Crippen molar-refractivity contribution >= 4 is 27.0 Å². The summed E-state index contributed by atoms with van der Waals surface area (Å²) in [5.74, 6) is -0.226. The summed E-state index contributed by atoms with van der Waals surface area (Å²) in [5.41, 5.74) is 1.28. The Balaban J connectivity index is 1.48. The Labute approximate surface area is 232 Å². The first-order chi connectivity index (χ1) is 18.9. The fourth-order valence-electron chi connectivity index (χ4n) is 5.42. The van der Waals surface area contributed by atoms with Crippen molar-refractivity contribution in [3.63, 3.8) is 0 Å². The third kappa shape index (κ3) is 5.69. The number of hydrogen-bond acceptors (Lipinski definition) is 6. The van der Waals surface area contributed by atoms with Crippen LogP contribution in [-0.4, -0.2) is 56.2 Å². The molecular weight excluding hydrogens is 541 g/mol. The van der Waals surface area contributed by atoms with E-state index in [0.29, 0.717) is 18.9 Å². The minimum atomic E-state index is -5.75. The van der Waals surface area contributed by atoms with E-state index in [0.717, 1.165) is 65.3 Å². The van der Waals surface area contributed by atoms with Gasteiger partial charge >= 0.3 is 15.6 Å². The highest BCUT2D eigenvalue weighted by Gasteiger charge is 2.48. The van der Waals surface area contributed by atoms with Gasteiger partial charge in [0.25, 0.3) is 0 Å². The first-order valence-corrected chi connectivity index (χ1v) is 14.6. The predicted octanol–water partition coefficient (Wildman–Crippen LogP) is 6.06. The zero-order valence-corrected chi connectivity index (χ0v) is 23.1. The molecule has 0 atom stereocenters. The van der Waals surface area contributed by atoms with Gasteiger partial charge in [0.1, 0.15) is 11.5 Å². The van der Waals surface area contributed by atoms with Crippen LogP contribution >= 0.6 is 0 Å². The molecule has 212 valence electrons. The Morgan fingerprint density at radius 1 is 0.850 bits per heavy atom. The van der Waals surface area contributed by atoms with E-state index in [2.05, 4.69) is 52.1 Å². The molecule has 0 aromatic heterocycles. The molecule has 1 fully saturated rings. The monoisotopic (exact) mass is 572 g/mol. The smallest absolute Gasteiger partial charge is 0.508 e. The number of phenols is 1. The molecule has 0 saturated carbocycles. The van der Waals surface area contributed by atoms with Crippen molar-refractivity contribution in [1.82, 2.24) is 4.90 Å². The lowest BCUT2D eigenvalue weighted by Crippen LogP contribution is -2.48. The average molecular weight is 573 g/mol. The second-order valence-electron chi connectivity index (χ2n) is 10.4. The van der Waals surface area contributed by atoms with Gasteiger partial charge < -0.3 is 14.2 Å². The number of hydrogen-bond donors (Lipinski definition) is 1. The summed E-state index contributed by atoms with van der Waals surface area (Å²) in [4.78, 5) is 4.84. The number of halogens is 3. The summed E-state index contributed by atoms with van der Waals surface area (Å²) in [6, 6.07) is 19.8. The van der Waals surface area contributed by atoms with Crippen molar-refractivity contribution in [3.8, 4) is 11.5 Å². The fourth-order valence-corrected chi connectivity index (χ4v) is 5.88. The van der Waals surface area contributed by atoms with Gasteiger partial charge in [-0.3, -0.25) is 4.90 Å². The van der Waals surface area contributed by atoms with Crippen LogP contribution in [0.15, 0.2) is 66.7 Å². The van der Waals surface area contributed by atoms with Gasteiger partial charge in [-0.05, 0) is 96.5 Å². The van der Waals surface area contributed by atoms with Crippen LogP contribution in [0.5, 0.6) is 11.5 Å². The molecule has 0 bridgehead atoms. The maximum absolute atomic E-state index is 12.8. The van der Waals surface area contributed by atoms with E-state index < -0.39 is 21.4 Å². The zero-order valence-electron chi connectivity index (χ0n) is 22.3. The molecule has 2 aliphatic rings. The average Bonchev–Trinajstić information content (AvgIpc) is 2.92. The molecule has 1 heterocycles. The van der Waals surface area contributed by atoms with E-state index in [9.17, 15) is 26.7 Å². The maximum Gasteiger partial charge on any atom is 0.534 e. The third-order valence-corrected chi connectivity index (χ3v) is 8.54. The molecule has 0 radical (unpaired) electrons. The molecule has 1 aliphatic heterocycles. The summed E-state index contributed by atoms with van der Waals surface area (Å²) in [7, 11) is -5.75. The van der Waals surface area contributed by atoms with Gasteiger partial charge in [-0.2, -0.15) is 21.6 Å². The normalized spacial score (nSPS) is 16.8. The lowest BCUT2D eigenvalue weighted by Gasteiger charge is -2.38. The van der Waals surface area contributed by atoms with Gasteiger partial charge in [0, 0.05) is 37.9 Å². The third-order valence-electron chi connectivity index (χ3n) is 7.56. The van der Waals surface area contributed by atoms with E-state index in [4.69, 9.17) is 0 Å². The number of aromatic hydroxyl groups is 1. The van der Waals surface area contributed by atoms with Crippen molar-refractivity contribution in [2.24, 2.45) is 0 Å². The van der Waals surface area contributed by atoms with Gasteiger partial charge in [-0.15, -0.1) is 0 Å². The van der Waals surface area contributed by atoms with Crippen LogP contribution in [0.25, 0.3) is 11.1 Å². The Morgan fingerprint density at radius 2 is 1.48 bits per heavy atom. The molecule has 40 heavy (non-hydrogen) atoms. The predicted molar refractivity (Wildman–Crippen MR) is 150 cm³/mol. The summed E-state index contributed by atoms with van der Waals surface area (Å²) >= 11 is 0. The van der Waals surface area contributed by atoms with E-state index in [-0.39, 0.29) is 5.75 Å². The molecule has 6 nitrogen and oxygen atoms in total. The highest BCUT2D eigenvalue weighted by Crippen LogP contribution is 2.42. The summed E-state index contributed by atoms with van der Waals surface area (Å²) in [6.07, 6.45) is 1.30. The lowest BCUT2D eigenvalue weighted by atomic mass is 9.79.